The summed E-state index contributed by atoms with van der Waals surface area (Å²) in [6.07, 6.45) is -1.23. The molecule has 0 spiro atoms. The number of nitrogens with zero attached hydrogens (tertiary/aromatic N) is 2. The molecule has 1 aliphatic rings. The number of amides is 2. The lowest BCUT2D eigenvalue weighted by Crippen LogP contribution is -2.25. The van der Waals surface area contributed by atoms with Gasteiger partial charge in [-0.05, 0) is 35.9 Å². The van der Waals surface area contributed by atoms with E-state index in [-0.39, 0.29) is 11.1 Å². The average Bonchev–Trinajstić information content (AvgIpc) is 2.85. The Morgan fingerprint density at radius 1 is 1.14 bits per heavy atom. The van der Waals surface area contributed by atoms with Crippen LogP contribution in [0.3, 0.4) is 0 Å². The van der Waals surface area contributed by atoms with Crippen molar-refractivity contribution in [1.82, 2.24) is 5.43 Å². The van der Waals surface area contributed by atoms with Crippen LogP contribution in [0, 0.1) is 0 Å². The van der Waals surface area contributed by atoms with Crippen molar-refractivity contribution in [3.8, 4) is 0 Å². The Labute approximate surface area is 166 Å². The zero-order chi connectivity index (χ0) is 21.2. The highest BCUT2D eigenvalue weighted by atomic mass is 19.4. The zero-order valence-electron chi connectivity index (χ0n) is 16.2. The zero-order valence-corrected chi connectivity index (χ0v) is 16.2. The van der Waals surface area contributed by atoms with Crippen LogP contribution in [-0.2, 0) is 11.6 Å². The van der Waals surface area contributed by atoms with Crippen molar-refractivity contribution < 1.29 is 18.0 Å². The number of nitrogens with one attached hydrogen (secondary N) is 2. The van der Waals surface area contributed by atoms with Gasteiger partial charge < -0.3 is 10.2 Å². The van der Waals surface area contributed by atoms with Gasteiger partial charge in [0, 0.05) is 35.7 Å². The van der Waals surface area contributed by atoms with Crippen LogP contribution < -0.4 is 15.6 Å². The molecule has 0 atom stereocenters. The minimum absolute atomic E-state index is 0.0259. The van der Waals surface area contributed by atoms with Gasteiger partial charge in [0.2, 0.25) is 0 Å². The second-order valence-electron chi connectivity index (χ2n) is 7.18. The maximum atomic E-state index is 12.7. The Bertz CT molecular complexity index is 980. The molecule has 0 unspecified atom stereocenters. The smallest absolute Gasteiger partial charge is 0.347 e. The number of urea groups is 1. The van der Waals surface area contributed by atoms with Crippen molar-refractivity contribution in [2.45, 2.75) is 25.4 Å². The number of alkyl halides is 3. The number of carbonyl (C=O) groups excluding carboxylic acids is 1. The monoisotopic (exact) mass is 402 g/mol. The van der Waals surface area contributed by atoms with Gasteiger partial charge in [-0.2, -0.15) is 18.3 Å². The molecule has 1 heterocycles. The summed E-state index contributed by atoms with van der Waals surface area (Å²) in [5.41, 5.74) is 4.51. The lowest BCUT2D eigenvalue weighted by atomic mass is 9.84. The number of benzene rings is 2. The molecule has 2 aromatic carbocycles. The van der Waals surface area contributed by atoms with Crippen molar-refractivity contribution >= 4 is 23.6 Å². The molecule has 0 aliphatic carbocycles. The van der Waals surface area contributed by atoms with Gasteiger partial charge >= 0.3 is 12.2 Å². The minimum atomic E-state index is -4.48. The number of rotatable bonds is 3. The maximum Gasteiger partial charge on any atom is 0.416 e. The number of carbonyl (C=O) groups is 1. The van der Waals surface area contributed by atoms with Crippen LogP contribution >= 0.6 is 0 Å². The number of para-hydroxylation sites is 1. The number of fused-ring (bicyclic) bond motifs is 1. The minimum Gasteiger partial charge on any atom is -0.347 e. The third-order valence-electron chi connectivity index (χ3n) is 4.86. The summed E-state index contributed by atoms with van der Waals surface area (Å²) in [6, 6.07) is 11.7. The molecule has 152 valence electrons. The molecular formula is C21H21F3N4O. The first-order valence-corrected chi connectivity index (χ1v) is 8.92. The van der Waals surface area contributed by atoms with Gasteiger partial charge in [-0.25, -0.2) is 10.2 Å². The first-order valence-electron chi connectivity index (χ1n) is 8.92. The first-order chi connectivity index (χ1) is 13.6. The van der Waals surface area contributed by atoms with Gasteiger partial charge in [-0.3, -0.25) is 0 Å². The molecule has 0 saturated carbocycles. The molecule has 8 heteroatoms. The Morgan fingerprint density at radius 2 is 1.86 bits per heavy atom. The van der Waals surface area contributed by atoms with E-state index in [4.69, 9.17) is 0 Å². The highest BCUT2D eigenvalue weighted by Crippen LogP contribution is 2.46. The van der Waals surface area contributed by atoms with E-state index in [1.165, 1.54) is 23.9 Å². The summed E-state index contributed by atoms with van der Waals surface area (Å²) in [4.78, 5) is 14.0. The van der Waals surface area contributed by atoms with Crippen LogP contribution in [-0.4, -0.2) is 19.3 Å². The molecule has 2 amide bonds. The van der Waals surface area contributed by atoms with Crippen molar-refractivity contribution in [3.05, 3.63) is 71.4 Å². The van der Waals surface area contributed by atoms with Gasteiger partial charge in [0.15, 0.2) is 0 Å². The van der Waals surface area contributed by atoms with Gasteiger partial charge in [-0.1, -0.05) is 38.1 Å². The van der Waals surface area contributed by atoms with E-state index >= 15 is 0 Å². The van der Waals surface area contributed by atoms with Crippen molar-refractivity contribution in [2.24, 2.45) is 5.10 Å². The number of allylic oxidation sites excluding steroid dienone is 2. The van der Waals surface area contributed by atoms with E-state index in [9.17, 15) is 18.0 Å². The maximum absolute atomic E-state index is 12.7. The molecule has 0 aromatic heterocycles. The summed E-state index contributed by atoms with van der Waals surface area (Å²) in [7, 11) is 1.96. The van der Waals surface area contributed by atoms with Crippen molar-refractivity contribution in [2.75, 3.05) is 17.3 Å². The van der Waals surface area contributed by atoms with Crippen LogP contribution in [0.2, 0.25) is 0 Å². The number of halogens is 3. The topological polar surface area (TPSA) is 56.7 Å². The van der Waals surface area contributed by atoms with E-state index in [1.54, 1.807) is 6.08 Å². The summed E-state index contributed by atoms with van der Waals surface area (Å²) in [5.74, 6) is 0. The fourth-order valence-corrected chi connectivity index (χ4v) is 3.44. The number of hydrogen-bond donors (Lipinski definition) is 2. The molecular weight excluding hydrogens is 381 g/mol. The van der Waals surface area contributed by atoms with E-state index < -0.39 is 17.8 Å². The third-order valence-corrected chi connectivity index (χ3v) is 4.86. The molecule has 0 bridgehead atoms. The van der Waals surface area contributed by atoms with E-state index in [2.05, 4.69) is 40.7 Å². The number of hydrogen-bond acceptors (Lipinski definition) is 3. The summed E-state index contributed by atoms with van der Waals surface area (Å²) >= 11 is 0. The van der Waals surface area contributed by atoms with Crippen LogP contribution in [0.4, 0.5) is 29.3 Å². The quantitative estimate of drug-likeness (QED) is 0.553. The van der Waals surface area contributed by atoms with Crippen molar-refractivity contribution in [1.29, 1.82) is 0 Å². The molecule has 0 radical (unpaired) electrons. The lowest BCUT2D eigenvalue weighted by Gasteiger charge is -2.23. The predicted molar refractivity (Wildman–Crippen MR) is 108 cm³/mol. The fraction of sp³-hybridized carbons (Fsp3) is 0.238. The second kappa shape index (κ2) is 7.62. The van der Waals surface area contributed by atoms with E-state index in [1.807, 2.05) is 25.2 Å². The largest absolute Gasteiger partial charge is 0.416 e. The molecule has 2 N–H and O–H groups in total. The lowest BCUT2D eigenvalue weighted by molar-refractivity contribution is -0.137. The Hall–Kier alpha value is -3.29. The molecule has 1 aliphatic heterocycles. The molecule has 0 saturated heterocycles. The summed E-state index contributed by atoms with van der Waals surface area (Å²) in [6.45, 7) is 4.20. The molecule has 5 nitrogen and oxygen atoms in total. The van der Waals surface area contributed by atoms with Gasteiger partial charge in [0.1, 0.15) is 0 Å². The average molecular weight is 402 g/mol. The number of likely N-dealkylation sites (N-methyl/N-ethyl adjacent to an activating group) is 1. The molecule has 3 rings (SSSR count). The molecule has 29 heavy (non-hydrogen) atoms. The second-order valence-corrected chi connectivity index (χ2v) is 7.18. The van der Waals surface area contributed by atoms with Gasteiger partial charge in [0.25, 0.3) is 0 Å². The van der Waals surface area contributed by atoms with Crippen molar-refractivity contribution in [3.63, 3.8) is 0 Å². The normalized spacial score (nSPS) is 16.9. The summed E-state index contributed by atoms with van der Waals surface area (Å²) < 4.78 is 38.2. The van der Waals surface area contributed by atoms with Gasteiger partial charge in [0.05, 0.1) is 5.56 Å². The van der Waals surface area contributed by atoms with E-state index in [0.29, 0.717) is 0 Å². The number of hydrazone groups is 1. The third kappa shape index (κ3) is 4.26. The molecule has 0 fully saturated rings. The number of anilines is 2. The Balaban J connectivity index is 1.64. The highest BCUT2D eigenvalue weighted by molar-refractivity contribution is 5.90. The highest BCUT2D eigenvalue weighted by Gasteiger charge is 2.37. The van der Waals surface area contributed by atoms with Crippen LogP contribution in [0.1, 0.15) is 25.0 Å². The van der Waals surface area contributed by atoms with Crippen LogP contribution in [0.25, 0.3) is 0 Å². The molecule has 2 aromatic rings. The predicted octanol–water partition coefficient (Wildman–Crippen LogP) is 5.12. The van der Waals surface area contributed by atoms with Crippen LogP contribution in [0.5, 0.6) is 0 Å². The SMILES string of the molecule is CN1C(=CC=NNC(=O)Nc2cccc(C(F)(F)F)c2)C(C)(C)c2ccccc21. The first kappa shape index (κ1) is 20.4. The standard InChI is InChI=1S/C21H21F3N4O/c1-20(2)16-9-4-5-10-17(16)28(3)18(20)11-12-25-27-19(29)26-15-8-6-7-14(13-15)21(22,23)24/h4-13H,1-3H3,(H2,26,27,29). The van der Waals surface area contributed by atoms with Crippen LogP contribution in [0.15, 0.2) is 65.4 Å². The Kier molecular flexibility index (Phi) is 5.37. The fourth-order valence-electron chi connectivity index (χ4n) is 3.44. The summed E-state index contributed by atoms with van der Waals surface area (Å²) in [5, 5.41) is 6.18. The Morgan fingerprint density at radius 3 is 2.55 bits per heavy atom. The van der Waals surface area contributed by atoms with Gasteiger partial charge in [-0.15, -0.1) is 0 Å². The van der Waals surface area contributed by atoms with E-state index in [0.717, 1.165) is 23.5 Å².